The van der Waals surface area contributed by atoms with Gasteiger partial charge in [0.25, 0.3) is 11.8 Å². The van der Waals surface area contributed by atoms with Crippen LogP contribution in [0.4, 0.5) is 5.82 Å². The Balaban J connectivity index is 1.81. The van der Waals surface area contributed by atoms with Crippen molar-refractivity contribution in [2.75, 3.05) is 18.9 Å². The van der Waals surface area contributed by atoms with E-state index in [2.05, 4.69) is 35.9 Å². The topological polar surface area (TPSA) is 191 Å². The Morgan fingerprint density at radius 2 is 2.12 bits per heavy atom. The lowest BCUT2D eigenvalue weighted by Crippen LogP contribution is -2.44. The number of nitrogens with one attached hydrogen (secondary N) is 4. The smallest absolute Gasteiger partial charge is 0.278 e. The quantitative estimate of drug-likeness (QED) is 0.268. The fourth-order valence-corrected chi connectivity index (χ4v) is 2.75. The molecule has 0 radical (unpaired) electrons. The van der Waals surface area contributed by atoms with E-state index in [4.69, 9.17) is 11.1 Å². The first-order chi connectivity index (χ1) is 15.1. The standard InChI is InChI=1S/C20H27N9O3/c1-19(2,32)9-25-17(30)14(23-3)12(6-21)28-18(31)15-16(29-20(8-22)10-26-20)24-7-13(27-15)11-4-5-11/h6-8,10-11,22,32H,4-5,9,21H2,1-3H3,(H,24,29)(H,25,30)(H,28,31). The fourth-order valence-electron chi connectivity index (χ4n) is 2.75. The zero-order chi connectivity index (χ0) is 23.5. The number of aromatic nitrogens is 2. The largest absolute Gasteiger partial charge is 0.403 e. The first-order valence-electron chi connectivity index (χ1n) is 10.1. The molecule has 12 nitrogen and oxygen atoms in total. The summed E-state index contributed by atoms with van der Waals surface area (Å²) in [5, 5.41) is 25.4. The molecule has 32 heavy (non-hydrogen) atoms. The van der Waals surface area contributed by atoms with Crippen LogP contribution in [0.1, 0.15) is 48.8 Å². The van der Waals surface area contributed by atoms with Crippen LogP contribution >= 0.6 is 0 Å². The van der Waals surface area contributed by atoms with Gasteiger partial charge in [-0.3, -0.25) is 19.6 Å². The molecular weight excluding hydrogens is 414 g/mol. The SMILES string of the molecule is CN=C(C(=O)NCC(C)(C)O)C(=CN)NC(=O)c1nc(C2CC2)cnc1NC1(C=N)C=N1. The Hall–Kier alpha value is -3.67. The number of hydrogen-bond acceptors (Lipinski definition) is 10. The Bertz CT molecular complexity index is 1010. The number of nitrogens with zero attached hydrogens (tertiary/aromatic N) is 4. The molecule has 0 saturated heterocycles. The molecule has 0 aromatic carbocycles. The van der Waals surface area contributed by atoms with Crippen molar-refractivity contribution in [3.05, 3.63) is 29.5 Å². The van der Waals surface area contributed by atoms with Gasteiger partial charge in [0.2, 0.25) is 5.66 Å². The molecule has 1 fully saturated rings. The van der Waals surface area contributed by atoms with Crippen molar-refractivity contribution in [2.45, 2.75) is 43.9 Å². The average molecular weight is 441 g/mol. The molecule has 1 aliphatic heterocycles. The molecule has 1 aromatic rings. The molecular formula is C20H27N9O3. The van der Waals surface area contributed by atoms with Gasteiger partial charge in [0.05, 0.1) is 29.4 Å². The second-order valence-corrected chi connectivity index (χ2v) is 8.22. The number of nitrogens with two attached hydrogens (primary N) is 1. The highest BCUT2D eigenvalue weighted by atomic mass is 16.3. The number of anilines is 1. The molecule has 3 rings (SSSR count). The van der Waals surface area contributed by atoms with Crippen molar-refractivity contribution in [2.24, 2.45) is 15.7 Å². The minimum atomic E-state index is -1.13. The van der Waals surface area contributed by atoms with E-state index in [1.54, 1.807) is 20.0 Å². The number of aliphatic hydroxyl groups is 1. The van der Waals surface area contributed by atoms with E-state index in [-0.39, 0.29) is 35.4 Å². The van der Waals surface area contributed by atoms with Crippen molar-refractivity contribution < 1.29 is 14.7 Å². The summed E-state index contributed by atoms with van der Waals surface area (Å²) in [4.78, 5) is 42.3. The third kappa shape index (κ3) is 5.52. The van der Waals surface area contributed by atoms with Crippen LogP contribution in [-0.2, 0) is 4.79 Å². The summed E-state index contributed by atoms with van der Waals surface area (Å²) in [6, 6.07) is 0. The van der Waals surface area contributed by atoms with E-state index in [0.29, 0.717) is 5.69 Å². The van der Waals surface area contributed by atoms with Crippen molar-refractivity contribution in [1.82, 2.24) is 20.6 Å². The molecule has 0 spiro atoms. The molecule has 1 unspecified atom stereocenters. The number of rotatable bonds is 10. The number of aliphatic imine (C=N–C) groups is 2. The van der Waals surface area contributed by atoms with E-state index in [1.807, 2.05) is 0 Å². The van der Waals surface area contributed by atoms with Crippen LogP contribution in [0.3, 0.4) is 0 Å². The van der Waals surface area contributed by atoms with Crippen LogP contribution in [0.15, 0.2) is 28.1 Å². The van der Waals surface area contributed by atoms with Crippen molar-refractivity contribution in [3.63, 3.8) is 0 Å². The van der Waals surface area contributed by atoms with Crippen LogP contribution in [0.2, 0.25) is 0 Å². The van der Waals surface area contributed by atoms with Crippen LogP contribution in [0.5, 0.6) is 0 Å². The predicted molar refractivity (Wildman–Crippen MR) is 120 cm³/mol. The molecule has 1 atom stereocenters. The van der Waals surface area contributed by atoms with Gasteiger partial charge in [-0.25, -0.2) is 9.97 Å². The summed E-state index contributed by atoms with van der Waals surface area (Å²) in [5.74, 6) is -0.874. The van der Waals surface area contributed by atoms with Gasteiger partial charge in [-0.05, 0) is 26.7 Å². The van der Waals surface area contributed by atoms with Crippen molar-refractivity contribution >= 4 is 35.8 Å². The maximum atomic E-state index is 13.1. The molecule has 2 aliphatic rings. The summed E-state index contributed by atoms with van der Waals surface area (Å²) in [6.07, 6.45) is 7.19. The monoisotopic (exact) mass is 441 g/mol. The Morgan fingerprint density at radius 1 is 1.44 bits per heavy atom. The minimum Gasteiger partial charge on any atom is -0.403 e. The van der Waals surface area contributed by atoms with E-state index in [1.165, 1.54) is 13.3 Å². The van der Waals surface area contributed by atoms with E-state index >= 15 is 0 Å². The number of carbonyl (C=O) groups excluding carboxylic acids is 2. The highest BCUT2D eigenvalue weighted by molar-refractivity contribution is 6.45. The third-order valence-electron chi connectivity index (χ3n) is 4.74. The fraction of sp³-hybridized carbons (Fsp3) is 0.450. The summed E-state index contributed by atoms with van der Waals surface area (Å²) >= 11 is 0. The zero-order valence-corrected chi connectivity index (χ0v) is 18.1. The lowest BCUT2D eigenvalue weighted by atomic mass is 10.1. The maximum Gasteiger partial charge on any atom is 0.278 e. The molecule has 2 heterocycles. The van der Waals surface area contributed by atoms with Crippen molar-refractivity contribution in [3.8, 4) is 0 Å². The normalized spacial score (nSPS) is 20.5. The molecule has 0 bridgehead atoms. The Morgan fingerprint density at radius 3 is 2.62 bits per heavy atom. The average Bonchev–Trinajstić information content (AvgIpc) is 3.67. The van der Waals surface area contributed by atoms with Crippen LogP contribution in [0.25, 0.3) is 0 Å². The van der Waals surface area contributed by atoms with E-state index < -0.39 is 23.1 Å². The first kappa shape index (κ1) is 23.0. The van der Waals surface area contributed by atoms with E-state index in [9.17, 15) is 14.7 Å². The van der Waals surface area contributed by atoms with Crippen molar-refractivity contribution in [1.29, 1.82) is 5.41 Å². The highest BCUT2D eigenvalue weighted by Gasteiger charge is 2.37. The van der Waals surface area contributed by atoms with Gasteiger partial charge in [0, 0.05) is 31.9 Å². The Kier molecular flexibility index (Phi) is 6.35. The minimum absolute atomic E-state index is 0.0159. The van der Waals surface area contributed by atoms with Gasteiger partial charge in [-0.15, -0.1) is 0 Å². The van der Waals surface area contributed by atoms with Gasteiger partial charge in [-0.2, -0.15) is 0 Å². The molecule has 1 aliphatic carbocycles. The van der Waals surface area contributed by atoms with Crippen LogP contribution in [-0.4, -0.2) is 69.9 Å². The summed E-state index contributed by atoms with van der Waals surface area (Å²) in [6.45, 7) is 3.07. The molecule has 2 amide bonds. The second-order valence-electron chi connectivity index (χ2n) is 8.22. The molecule has 170 valence electrons. The van der Waals surface area contributed by atoms with E-state index in [0.717, 1.165) is 25.3 Å². The van der Waals surface area contributed by atoms with Crippen LogP contribution < -0.4 is 21.7 Å². The lowest BCUT2D eigenvalue weighted by Gasteiger charge is -2.19. The highest BCUT2D eigenvalue weighted by Crippen LogP contribution is 2.39. The Labute approximate surface area is 185 Å². The van der Waals surface area contributed by atoms with Gasteiger partial charge < -0.3 is 32.2 Å². The summed E-state index contributed by atoms with van der Waals surface area (Å²) in [7, 11) is 1.38. The van der Waals surface area contributed by atoms with Gasteiger partial charge in [-0.1, -0.05) is 0 Å². The summed E-state index contributed by atoms with van der Waals surface area (Å²) in [5.41, 5.74) is 4.06. The van der Waals surface area contributed by atoms with Gasteiger partial charge in [0.1, 0.15) is 5.71 Å². The number of carbonyl (C=O) groups is 2. The first-order valence-corrected chi connectivity index (χ1v) is 10.1. The maximum absolute atomic E-state index is 13.1. The second kappa shape index (κ2) is 8.83. The van der Waals surface area contributed by atoms with Crippen LogP contribution in [0, 0.1) is 5.41 Å². The number of amides is 2. The molecule has 12 heteroatoms. The van der Waals surface area contributed by atoms with Gasteiger partial charge >= 0.3 is 0 Å². The lowest BCUT2D eigenvalue weighted by molar-refractivity contribution is -0.115. The summed E-state index contributed by atoms with van der Waals surface area (Å²) < 4.78 is 0. The third-order valence-corrected chi connectivity index (χ3v) is 4.74. The molecule has 7 N–H and O–H groups in total. The molecule has 1 saturated carbocycles. The zero-order valence-electron chi connectivity index (χ0n) is 18.1. The van der Waals surface area contributed by atoms with Gasteiger partial charge in [0.15, 0.2) is 11.5 Å². The molecule has 1 aromatic heterocycles. The predicted octanol–water partition coefficient (Wildman–Crippen LogP) is -0.316. The number of hydrogen-bond donors (Lipinski definition) is 6.